The van der Waals surface area contributed by atoms with Crippen molar-refractivity contribution in [2.75, 3.05) is 32.7 Å². The number of carbonyl (C=O) groups excluding carboxylic acids is 1. The first kappa shape index (κ1) is 24.4. The molecule has 1 fully saturated rings. The van der Waals surface area contributed by atoms with Gasteiger partial charge in [0.05, 0.1) is 6.04 Å². The van der Waals surface area contributed by atoms with Gasteiger partial charge in [0.1, 0.15) is 10.7 Å². The summed E-state index contributed by atoms with van der Waals surface area (Å²) in [6, 6.07) is 15.6. The molecule has 1 amide bonds. The van der Waals surface area contributed by atoms with Gasteiger partial charge in [-0.1, -0.05) is 56.3 Å². The molecule has 0 radical (unpaired) electrons. The third-order valence-corrected chi connectivity index (χ3v) is 8.12. The number of rotatable bonds is 9. The van der Waals surface area contributed by atoms with E-state index in [-0.39, 0.29) is 35.9 Å². The average molecular weight is 462 g/mol. The summed E-state index contributed by atoms with van der Waals surface area (Å²) in [4.78, 5) is 14.8. The monoisotopic (exact) mass is 461 g/mol. The number of sulfonamides is 1. The molecule has 6 nitrogen and oxygen atoms in total. The molecule has 8 heteroatoms. The van der Waals surface area contributed by atoms with Crippen LogP contribution in [-0.4, -0.2) is 56.3 Å². The number of carbonyl (C=O) groups is 1. The van der Waals surface area contributed by atoms with E-state index >= 15 is 0 Å². The second-order valence-electron chi connectivity index (χ2n) is 8.00. The SMILES string of the molecule is CCN(CC)[C@H](CNC(=O)C1CCN(S(=O)(=O)c2ccccc2F)CC1)c1ccccc1. The van der Waals surface area contributed by atoms with Gasteiger partial charge in [-0.3, -0.25) is 9.69 Å². The molecule has 2 aromatic carbocycles. The van der Waals surface area contributed by atoms with Gasteiger partial charge in [0.25, 0.3) is 0 Å². The molecule has 2 aromatic rings. The van der Waals surface area contributed by atoms with E-state index < -0.39 is 15.8 Å². The predicted octanol–water partition coefficient (Wildman–Crippen LogP) is 3.43. The van der Waals surface area contributed by atoms with Crippen molar-refractivity contribution < 1.29 is 17.6 Å². The van der Waals surface area contributed by atoms with Gasteiger partial charge in [0.2, 0.25) is 15.9 Å². The second-order valence-corrected chi connectivity index (χ2v) is 9.91. The molecule has 0 saturated carbocycles. The Morgan fingerprint density at radius 3 is 2.25 bits per heavy atom. The lowest BCUT2D eigenvalue weighted by molar-refractivity contribution is -0.126. The number of nitrogens with one attached hydrogen (secondary N) is 1. The minimum absolute atomic E-state index is 0.0546. The zero-order chi connectivity index (χ0) is 23.1. The highest BCUT2D eigenvalue weighted by atomic mass is 32.2. The molecule has 32 heavy (non-hydrogen) atoms. The lowest BCUT2D eigenvalue weighted by Crippen LogP contribution is -2.45. The van der Waals surface area contributed by atoms with Crippen molar-refractivity contribution in [1.29, 1.82) is 0 Å². The molecule has 1 atom stereocenters. The first-order valence-corrected chi connectivity index (χ1v) is 12.6. The summed E-state index contributed by atoms with van der Waals surface area (Å²) in [6.45, 7) is 6.86. The highest BCUT2D eigenvalue weighted by Crippen LogP contribution is 2.26. The van der Waals surface area contributed by atoms with Gasteiger partial charge in [0.15, 0.2) is 0 Å². The van der Waals surface area contributed by atoms with Gasteiger partial charge in [-0.15, -0.1) is 0 Å². The van der Waals surface area contributed by atoms with Crippen LogP contribution in [0, 0.1) is 11.7 Å². The number of amides is 1. The van der Waals surface area contributed by atoms with Gasteiger partial charge >= 0.3 is 0 Å². The van der Waals surface area contributed by atoms with Crippen molar-refractivity contribution in [2.24, 2.45) is 5.92 Å². The van der Waals surface area contributed by atoms with Crippen molar-refractivity contribution in [3.8, 4) is 0 Å². The molecular formula is C24H32FN3O3S. The maximum Gasteiger partial charge on any atom is 0.245 e. The molecule has 1 saturated heterocycles. The molecule has 0 spiro atoms. The Bertz CT molecular complexity index is 989. The summed E-state index contributed by atoms with van der Waals surface area (Å²) < 4.78 is 40.8. The summed E-state index contributed by atoms with van der Waals surface area (Å²) in [5.74, 6) is -1.06. The first-order valence-electron chi connectivity index (χ1n) is 11.2. The van der Waals surface area contributed by atoms with Crippen LogP contribution in [0.25, 0.3) is 0 Å². The largest absolute Gasteiger partial charge is 0.354 e. The van der Waals surface area contributed by atoms with Crippen molar-refractivity contribution in [2.45, 2.75) is 37.6 Å². The van der Waals surface area contributed by atoms with Gasteiger partial charge in [0, 0.05) is 25.6 Å². The Morgan fingerprint density at radius 1 is 1.06 bits per heavy atom. The maximum absolute atomic E-state index is 14.0. The smallest absolute Gasteiger partial charge is 0.245 e. The maximum atomic E-state index is 14.0. The number of hydrogen-bond acceptors (Lipinski definition) is 4. The third-order valence-electron chi connectivity index (χ3n) is 6.19. The van der Waals surface area contributed by atoms with E-state index in [4.69, 9.17) is 0 Å². The van der Waals surface area contributed by atoms with E-state index in [1.54, 1.807) is 0 Å². The van der Waals surface area contributed by atoms with Crippen LogP contribution in [0.1, 0.15) is 38.3 Å². The third kappa shape index (κ3) is 5.54. The Balaban J connectivity index is 1.60. The Hall–Kier alpha value is -2.29. The summed E-state index contributed by atoms with van der Waals surface area (Å²) in [5, 5.41) is 3.09. The molecule has 1 aliphatic heterocycles. The number of halogens is 1. The lowest BCUT2D eigenvalue weighted by atomic mass is 9.97. The second kappa shape index (κ2) is 11.0. The van der Waals surface area contributed by atoms with Crippen LogP contribution in [0.5, 0.6) is 0 Å². The fourth-order valence-corrected chi connectivity index (χ4v) is 5.83. The molecule has 174 valence electrons. The molecule has 3 rings (SSSR count). The van der Waals surface area contributed by atoms with E-state index in [1.165, 1.54) is 22.5 Å². The van der Waals surface area contributed by atoms with E-state index in [9.17, 15) is 17.6 Å². The average Bonchev–Trinajstić information content (AvgIpc) is 2.82. The molecular weight excluding hydrogens is 429 g/mol. The van der Waals surface area contributed by atoms with Gasteiger partial charge in [-0.05, 0) is 43.6 Å². The Labute approximate surface area is 190 Å². The number of piperidine rings is 1. The van der Waals surface area contributed by atoms with Gasteiger partial charge in [-0.2, -0.15) is 4.31 Å². The van der Waals surface area contributed by atoms with Crippen LogP contribution in [0.2, 0.25) is 0 Å². The minimum Gasteiger partial charge on any atom is -0.354 e. The highest BCUT2D eigenvalue weighted by molar-refractivity contribution is 7.89. The van der Waals surface area contributed by atoms with E-state index in [1.807, 2.05) is 18.2 Å². The lowest BCUT2D eigenvalue weighted by Gasteiger charge is -2.33. The molecule has 1 N–H and O–H groups in total. The number of hydrogen-bond donors (Lipinski definition) is 1. The normalized spacial score (nSPS) is 16.8. The summed E-state index contributed by atoms with van der Waals surface area (Å²) >= 11 is 0. The van der Waals surface area contributed by atoms with Crippen LogP contribution < -0.4 is 5.32 Å². The van der Waals surface area contributed by atoms with E-state index in [2.05, 4.69) is 36.2 Å². The summed E-state index contributed by atoms with van der Waals surface area (Å²) in [6.07, 6.45) is 0.835. The fraction of sp³-hybridized carbons (Fsp3) is 0.458. The Morgan fingerprint density at radius 2 is 1.66 bits per heavy atom. The fourth-order valence-electron chi connectivity index (χ4n) is 4.29. The van der Waals surface area contributed by atoms with Crippen molar-refractivity contribution in [1.82, 2.24) is 14.5 Å². The highest BCUT2D eigenvalue weighted by Gasteiger charge is 2.33. The van der Waals surface area contributed by atoms with Crippen LogP contribution >= 0.6 is 0 Å². The topological polar surface area (TPSA) is 69.7 Å². The van der Waals surface area contributed by atoms with E-state index in [0.29, 0.717) is 19.4 Å². The molecule has 1 aliphatic rings. The molecule has 0 aromatic heterocycles. The van der Waals surface area contributed by atoms with Crippen molar-refractivity contribution in [3.05, 3.63) is 66.0 Å². The van der Waals surface area contributed by atoms with Crippen molar-refractivity contribution in [3.63, 3.8) is 0 Å². The predicted molar refractivity (Wildman–Crippen MR) is 123 cm³/mol. The van der Waals surface area contributed by atoms with Crippen molar-refractivity contribution >= 4 is 15.9 Å². The van der Waals surface area contributed by atoms with Crippen LogP contribution in [0.3, 0.4) is 0 Å². The summed E-state index contributed by atoms with van der Waals surface area (Å²) in [7, 11) is -3.90. The first-order chi connectivity index (χ1) is 15.4. The van der Waals surface area contributed by atoms with Crippen LogP contribution in [0.4, 0.5) is 4.39 Å². The number of likely N-dealkylation sites (N-methyl/N-ethyl adjacent to an activating group) is 1. The quantitative estimate of drug-likeness (QED) is 0.621. The number of benzene rings is 2. The molecule has 1 heterocycles. The summed E-state index contributed by atoms with van der Waals surface area (Å²) in [5.41, 5.74) is 1.15. The van der Waals surface area contributed by atoms with Gasteiger partial charge in [-0.25, -0.2) is 12.8 Å². The zero-order valence-electron chi connectivity index (χ0n) is 18.7. The van der Waals surface area contributed by atoms with Crippen LogP contribution in [-0.2, 0) is 14.8 Å². The minimum atomic E-state index is -3.90. The standard InChI is InChI=1S/C24H32FN3O3S/c1-3-27(4-2)22(19-10-6-5-7-11-19)18-26-24(29)20-14-16-28(17-15-20)32(30,31)23-13-9-8-12-21(23)25/h5-13,20,22H,3-4,14-18H2,1-2H3,(H,26,29)/t22-/m1/s1. The molecule has 0 aliphatic carbocycles. The zero-order valence-corrected chi connectivity index (χ0v) is 19.5. The van der Waals surface area contributed by atoms with Crippen LogP contribution in [0.15, 0.2) is 59.5 Å². The van der Waals surface area contributed by atoms with E-state index in [0.717, 1.165) is 24.7 Å². The number of nitrogens with zero attached hydrogens (tertiary/aromatic N) is 2. The van der Waals surface area contributed by atoms with Gasteiger partial charge < -0.3 is 5.32 Å². The molecule has 0 unspecified atom stereocenters. The Kier molecular flexibility index (Phi) is 8.39. The molecule has 0 bridgehead atoms.